The van der Waals surface area contributed by atoms with E-state index in [-0.39, 0.29) is 5.91 Å². The van der Waals surface area contributed by atoms with Gasteiger partial charge in [-0.15, -0.1) is 0 Å². The Balaban J connectivity index is 1.44. The first-order chi connectivity index (χ1) is 9.34. The molecule has 0 radical (unpaired) electrons. The van der Waals surface area contributed by atoms with Crippen molar-refractivity contribution in [3.63, 3.8) is 0 Å². The van der Waals surface area contributed by atoms with Crippen molar-refractivity contribution in [1.29, 1.82) is 0 Å². The lowest BCUT2D eigenvalue weighted by molar-refractivity contribution is -0.122. The quantitative estimate of drug-likeness (QED) is 0.693. The second-order valence-electron chi connectivity index (χ2n) is 5.88. The molecule has 2 rings (SSSR count). The summed E-state index contributed by atoms with van der Waals surface area (Å²) < 4.78 is 5.59. The second kappa shape index (κ2) is 8.54. The Kier molecular flexibility index (Phi) is 6.65. The lowest BCUT2D eigenvalue weighted by Gasteiger charge is -2.21. The van der Waals surface area contributed by atoms with E-state index in [1.807, 2.05) is 0 Å². The normalized spacial score (nSPS) is 24.5. The first kappa shape index (κ1) is 14.8. The average Bonchev–Trinajstić information content (AvgIpc) is 2.92. The van der Waals surface area contributed by atoms with Crippen LogP contribution in [0.3, 0.4) is 0 Å². The van der Waals surface area contributed by atoms with Gasteiger partial charge in [0.15, 0.2) is 0 Å². The maximum absolute atomic E-state index is 11.8. The van der Waals surface area contributed by atoms with Gasteiger partial charge in [-0.3, -0.25) is 4.79 Å². The van der Waals surface area contributed by atoms with Gasteiger partial charge in [0.25, 0.3) is 0 Å². The molecule has 2 aliphatic rings. The molecule has 1 atom stereocenters. The summed E-state index contributed by atoms with van der Waals surface area (Å²) in [6, 6.07) is 0. The molecule has 0 bridgehead atoms. The topological polar surface area (TPSA) is 50.4 Å². The Labute approximate surface area is 116 Å². The van der Waals surface area contributed by atoms with E-state index in [2.05, 4.69) is 10.6 Å². The van der Waals surface area contributed by atoms with Crippen LogP contribution in [0, 0.1) is 5.92 Å². The van der Waals surface area contributed by atoms with E-state index < -0.39 is 0 Å². The van der Waals surface area contributed by atoms with Crippen molar-refractivity contribution in [3.8, 4) is 0 Å². The minimum atomic E-state index is 0.240. The van der Waals surface area contributed by atoms with E-state index in [1.165, 1.54) is 12.8 Å². The van der Waals surface area contributed by atoms with Crippen LogP contribution in [0.5, 0.6) is 0 Å². The van der Waals surface area contributed by atoms with E-state index in [4.69, 9.17) is 4.74 Å². The molecule has 4 nitrogen and oxygen atoms in total. The van der Waals surface area contributed by atoms with Crippen molar-refractivity contribution in [2.45, 2.75) is 57.5 Å². The van der Waals surface area contributed by atoms with Crippen LogP contribution in [0.25, 0.3) is 0 Å². The Morgan fingerprint density at radius 1 is 1.21 bits per heavy atom. The fourth-order valence-electron chi connectivity index (χ4n) is 3.02. The predicted octanol–water partition coefficient (Wildman–Crippen LogP) is 1.84. The van der Waals surface area contributed by atoms with Crippen molar-refractivity contribution < 1.29 is 9.53 Å². The molecule has 2 fully saturated rings. The fraction of sp³-hybridized carbons (Fsp3) is 0.933. The molecule has 0 aromatic rings. The summed E-state index contributed by atoms with van der Waals surface area (Å²) in [5, 5.41) is 6.39. The molecule has 4 heteroatoms. The Bertz CT molecular complexity index is 259. The van der Waals surface area contributed by atoms with Crippen molar-refractivity contribution in [3.05, 3.63) is 0 Å². The summed E-state index contributed by atoms with van der Waals surface area (Å²) >= 11 is 0. The van der Waals surface area contributed by atoms with Crippen LogP contribution in [0.2, 0.25) is 0 Å². The minimum Gasteiger partial charge on any atom is -0.378 e. The van der Waals surface area contributed by atoms with Gasteiger partial charge in [0.2, 0.25) is 5.91 Å². The molecule has 110 valence electrons. The smallest absolute Gasteiger partial charge is 0.220 e. The van der Waals surface area contributed by atoms with Crippen LogP contribution in [0.15, 0.2) is 0 Å². The highest BCUT2D eigenvalue weighted by atomic mass is 16.5. The maximum Gasteiger partial charge on any atom is 0.220 e. The lowest BCUT2D eigenvalue weighted by atomic mass is 9.94. The molecule has 0 aromatic carbocycles. The summed E-state index contributed by atoms with van der Waals surface area (Å²) in [6.07, 6.45) is 9.34. The molecule has 2 heterocycles. The van der Waals surface area contributed by atoms with E-state index in [0.717, 1.165) is 58.3 Å². The zero-order valence-corrected chi connectivity index (χ0v) is 12.0. The number of ether oxygens (including phenoxy) is 1. The van der Waals surface area contributed by atoms with Gasteiger partial charge in [0, 0.05) is 19.6 Å². The first-order valence-corrected chi connectivity index (χ1v) is 7.93. The molecule has 0 aromatic heterocycles. The molecular formula is C15H28N2O2. The maximum atomic E-state index is 11.8. The Morgan fingerprint density at radius 2 is 2.05 bits per heavy atom. The SMILES string of the molecule is O=C(CC1CCNCC1)NCCCC[C@@H]1CCCO1. The molecular weight excluding hydrogens is 240 g/mol. The summed E-state index contributed by atoms with van der Waals surface area (Å²) in [4.78, 5) is 11.8. The number of hydrogen-bond donors (Lipinski definition) is 2. The average molecular weight is 268 g/mol. The van der Waals surface area contributed by atoms with Crippen molar-refractivity contribution in [2.75, 3.05) is 26.2 Å². The number of hydrogen-bond acceptors (Lipinski definition) is 3. The van der Waals surface area contributed by atoms with Gasteiger partial charge in [-0.25, -0.2) is 0 Å². The number of rotatable bonds is 7. The van der Waals surface area contributed by atoms with Crippen LogP contribution in [-0.2, 0) is 9.53 Å². The molecule has 2 aliphatic heterocycles. The molecule has 0 spiro atoms. The largest absolute Gasteiger partial charge is 0.378 e. The molecule has 0 unspecified atom stereocenters. The van der Waals surface area contributed by atoms with Gasteiger partial charge in [-0.05, 0) is 64.0 Å². The van der Waals surface area contributed by atoms with Gasteiger partial charge in [-0.2, -0.15) is 0 Å². The van der Waals surface area contributed by atoms with E-state index in [9.17, 15) is 4.79 Å². The third-order valence-electron chi connectivity index (χ3n) is 4.23. The summed E-state index contributed by atoms with van der Waals surface area (Å²) in [5.74, 6) is 0.831. The number of unbranched alkanes of at least 4 members (excludes halogenated alkanes) is 1. The third kappa shape index (κ3) is 5.91. The van der Waals surface area contributed by atoms with Crippen LogP contribution in [-0.4, -0.2) is 38.3 Å². The second-order valence-corrected chi connectivity index (χ2v) is 5.88. The van der Waals surface area contributed by atoms with Gasteiger partial charge < -0.3 is 15.4 Å². The molecule has 2 N–H and O–H groups in total. The van der Waals surface area contributed by atoms with Gasteiger partial charge >= 0.3 is 0 Å². The summed E-state index contributed by atoms with van der Waals surface area (Å²) in [7, 11) is 0. The number of carbonyl (C=O) groups is 1. The summed E-state index contributed by atoms with van der Waals surface area (Å²) in [5.41, 5.74) is 0. The monoisotopic (exact) mass is 268 g/mol. The standard InChI is InChI=1S/C15H28N2O2/c18-15(12-13-6-9-16-10-7-13)17-8-2-1-4-14-5-3-11-19-14/h13-14,16H,1-12H2,(H,17,18)/t14-/m1/s1. The number of nitrogens with one attached hydrogen (secondary N) is 2. The van der Waals surface area contributed by atoms with Crippen LogP contribution in [0.1, 0.15) is 51.4 Å². The van der Waals surface area contributed by atoms with Gasteiger partial charge in [-0.1, -0.05) is 0 Å². The van der Waals surface area contributed by atoms with E-state index >= 15 is 0 Å². The highest BCUT2D eigenvalue weighted by Gasteiger charge is 2.17. The minimum absolute atomic E-state index is 0.240. The van der Waals surface area contributed by atoms with Crippen molar-refractivity contribution in [1.82, 2.24) is 10.6 Å². The van der Waals surface area contributed by atoms with Crippen molar-refractivity contribution >= 4 is 5.91 Å². The highest BCUT2D eigenvalue weighted by Crippen LogP contribution is 2.17. The number of amides is 1. The zero-order valence-electron chi connectivity index (χ0n) is 12.0. The summed E-state index contributed by atoms with van der Waals surface area (Å²) in [6.45, 7) is 3.91. The van der Waals surface area contributed by atoms with Crippen molar-refractivity contribution in [2.24, 2.45) is 5.92 Å². The fourth-order valence-corrected chi connectivity index (χ4v) is 3.02. The van der Waals surface area contributed by atoms with Crippen LogP contribution >= 0.6 is 0 Å². The number of carbonyl (C=O) groups excluding carboxylic acids is 1. The molecule has 2 saturated heterocycles. The van der Waals surface area contributed by atoms with E-state index in [0.29, 0.717) is 18.4 Å². The highest BCUT2D eigenvalue weighted by molar-refractivity contribution is 5.76. The molecule has 19 heavy (non-hydrogen) atoms. The Morgan fingerprint density at radius 3 is 2.79 bits per heavy atom. The zero-order chi connectivity index (χ0) is 13.3. The lowest BCUT2D eigenvalue weighted by Crippen LogP contribution is -2.32. The predicted molar refractivity (Wildman–Crippen MR) is 76.0 cm³/mol. The molecule has 1 amide bonds. The number of piperidine rings is 1. The van der Waals surface area contributed by atoms with Gasteiger partial charge in [0.05, 0.1) is 6.10 Å². The third-order valence-corrected chi connectivity index (χ3v) is 4.23. The van der Waals surface area contributed by atoms with Crippen LogP contribution in [0.4, 0.5) is 0 Å². The first-order valence-electron chi connectivity index (χ1n) is 7.93. The molecule has 0 aliphatic carbocycles. The molecule has 0 saturated carbocycles. The van der Waals surface area contributed by atoms with Crippen LogP contribution < -0.4 is 10.6 Å². The Hall–Kier alpha value is -0.610. The van der Waals surface area contributed by atoms with E-state index in [1.54, 1.807) is 0 Å². The van der Waals surface area contributed by atoms with Gasteiger partial charge in [0.1, 0.15) is 0 Å².